The molecule has 27 heavy (non-hydrogen) atoms. The Labute approximate surface area is 160 Å². The Morgan fingerprint density at radius 2 is 1.63 bits per heavy atom. The molecule has 1 unspecified atom stereocenters. The zero-order valence-corrected chi connectivity index (χ0v) is 15.9. The number of carbonyl (C=O) groups is 1. The molecule has 2 rings (SSSR count). The molecule has 7 heteroatoms. The second kappa shape index (κ2) is 9.16. The number of benzene rings is 2. The summed E-state index contributed by atoms with van der Waals surface area (Å²) in [5, 5.41) is 20.8. The zero-order chi connectivity index (χ0) is 20.0. The molecule has 0 radical (unpaired) electrons. The molecule has 0 aliphatic carbocycles. The summed E-state index contributed by atoms with van der Waals surface area (Å²) in [7, 11) is 2.84. The number of phenols is 2. The van der Waals surface area contributed by atoms with Gasteiger partial charge in [-0.25, -0.2) is 0 Å². The first kappa shape index (κ1) is 20.4. The van der Waals surface area contributed by atoms with Crippen molar-refractivity contribution < 1.29 is 29.0 Å². The lowest BCUT2D eigenvalue weighted by Crippen LogP contribution is -2.02. The summed E-state index contributed by atoms with van der Waals surface area (Å²) in [6.07, 6.45) is 2.88. The molecule has 2 aromatic rings. The first-order chi connectivity index (χ1) is 12.8. The van der Waals surface area contributed by atoms with Crippen molar-refractivity contribution in [3.05, 3.63) is 59.0 Å². The Bertz CT molecular complexity index is 888. The lowest BCUT2D eigenvalue weighted by atomic mass is 10.1. The molecule has 0 amide bonds. The van der Waals surface area contributed by atoms with Crippen molar-refractivity contribution in [1.82, 2.24) is 0 Å². The van der Waals surface area contributed by atoms with Gasteiger partial charge >= 0.3 is 0 Å². The summed E-state index contributed by atoms with van der Waals surface area (Å²) in [6.45, 7) is 1.36. The minimum atomic E-state index is -1.64. The van der Waals surface area contributed by atoms with Crippen molar-refractivity contribution >= 4 is 27.9 Å². The number of ketones is 1. The molecular weight excluding hydrogens is 368 g/mol. The van der Waals surface area contributed by atoms with Gasteiger partial charge in [0.15, 0.2) is 33.7 Å². The van der Waals surface area contributed by atoms with Crippen LogP contribution in [0.15, 0.2) is 47.9 Å². The van der Waals surface area contributed by atoms with Gasteiger partial charge in [0.05, 0.1) is 14.2 Å². The summed E-state index contributed by atoms with van der Waals surface area (Å²) in [5.74, 6) is 0.201. The van der Waals surface area contributed by atoms with Crippen LogP contribution in [0.3, 0.4) is 0 Å². The minimum Gasteiger partial charge on any atom is -0.607 e. The Balaban J connectivity index is 2.36. The Morgan fingerprint density at radius 3 is 2.22 bits per heavy atom. The maximum absolute atomic E-state index is 12.8. The number of carbonyl (C=O) groups excluding carboxylic acids is 1. The quantitative estimate of drug-likeness (QED) is 0.557. The second-order valence-electron chi connectivity index (χ2n) is 5.54. The molecule has 0 bridgehead atoms. The molecule has 0 heterocycles. The number of phenolic OH excluding ortho intramolecular Hbond substituents is 2. The van der Waals surface area contributed by atoms with Gasteiger partial charge < -0.3 is 24.2 Å². The molecule has 0 saturated heterocycles. The van der Waals surface area contributed by atoms with Crippen LogP contribution in [0.1, 0.15) is 18.1 Å². The topological polar surface area (TPSA) is 99.1 Å². The number of rotatable bonds is 7. The molecule has 2 N–H and O–H groups in total. The van der Waals surface area contributed by atoms with Crippen molar-refractivity contribution in [2.24, 2.45) is 0 Å². The smallest absolute Gasteiger partial charge is 0.168 e. The van der Waals surface area contributed by atoms with Crippen molar-refractivity contribution in [3.8, 4) is 23.0 Å². The van der Waals surface area contributed by atoms with Crippen molar-refractivity contribution in [3.63, 3.8) is 0 Å². The molecule has 0 fully saturated rings. The lowest BCUT2D eigenvalue weighted by Gasteiger charge is -2.12. The summed E-state index contributed by atoms with van der Waals surface area (Å²) < 4.78 is 22.9. The zero-order valence-electron chi connectivity index (χ0n) is 15.1. The average Bonchev–Trinajstić information content (AvgIpc) is 2.65. The third-order valence-corrected chi connectivity index (χ3v) is 4.77. The van der Waals surface area contributed by atoms with Crippen molar-refractivity contribution in [2.75, 3.05) is 14.2 Å². The third-order valence-electron chi connectivity index (χ3n) is 3.60. The molecule has 0 aromatic heterocycles. The maximum Gasteiger partial charge on any atom is 0.168 e. The summed E-state index contributed by atoms with van der Waals surface area (Å²) >= 11 is -1.64. The van der Waals surface area contributed by atoms with E-state index in [-0.39, 0.29) is 27.9 Å². The maximum atomic E-state index is 12.8. The minimum absolute atomic E-state index is 0.00382. The number of ether oxygens (including phenoxy) is 2. The number of hydrogen-bond acceptors (Lipinski definition) is 6. The fourth-order valence-corrected chi connectivity index (χ4v) is 3.35. The summed E-state index contributed by atoms with van der Waals surface area (Å²) in [5.41, 5.74) is 1.16. The molecular formula is C20H20O6S. The predicted molar refractivity (Wildman–Crippen MR) is 105 cm³/mol. The number of methoxy groups -OCH3 is 2. The van der Waals surface area contributed by atoms with E-state index in [1.54, 1.807) is 24.3 Å². The predicted octanol–water partition coefficient (Wildman–Crippen LogP) is 3.46. The normalized spacial score (nSPS) is 12.8. The molecule has 1 atom stereocenters. The SMILES string of the molecule is COc1cc(C=C[S+]([O-])/C(=C\C(C)=O)c2ccc(O)c(OC)c2)ccc1O. The van der Waals surface area contributed by atoms with Crippen LogP contribution < -0.4 is 9.47 Å². The van der Waals surface area contributed by atoms with E-state index >= 15 is 0 Å². The molecule has 0 saturated carbocycles. The number of hydrogen-bond donors (Lipinski definition) is 2. The average molecular weight is 388 g/mol. The second-order valence-corrected chi connectivity index (χ2v) is 6.84. The highest BCUT2D eigenvalue weighted by atomic mass is 32.2. The van der Waals surface area contributed by atoms with Crippen molar-refractivity contribution in [1.29, 1.82) is 0 Å². The van der Waals surface area contributed by atoms with Crippen LogP contribution in [0.2, 0.25) is 0 Å². The molecule has 0 spiro atoms. The molecule has 2 aromatic carbocycles. The van der Waals surface area contributed by atoms with E-state index in [2.05, 4.69) is 0 Å². The lowest BCUT2D eigenvalue weighted by molar-refractivity contribution is -0.112. The van der Waals surface area contributed by atoms with Gasteiger partial charge in [0.1, 0.15) is 5.41 Å². The van der Waals surface area contributed by atoms with Crippen LogP contribution in [-0.2, 0) is 16.0 Å². The van der Waals surface area contributed by atoms with Crippen LogP contribution in [0.5, 0.6) is 23.0 Å². The van der Waals surface area contributed by atoms with E-state index in [0.29, 0.717) is 16.9 Å². The Morgan fingerprint density at radius 1 is 1.04 bits per heavy atom. The van der Waals surface area contributed by atoms with E-state index in [4.69, 9.17) is 9.47 Å². The van der Waals surface area contributed by atoms with Gasteiger partial charge in [-0.05, 0) is 48.9 Å². The molecule has 6 nitrogen and oxygen atoms in total. The monoisotopic (exact) mass is 388 g/mol. The highest BCUT2D eigenvalue weighted by molar-refractivity contribution is 8.03. The van der Waals surface area contributed by atoms with Crippen LogP contribution in [0, 0.1) is 0 Å². The highest BCUT2D eigenvalue weighted by Gasteiger charge is 2.18. The fraction of sp³-hybridized carbons (Fsp3) is 0.150. The molecule has 0 aliphatic heterocycles. The van der Waals surface area contributed by atoms with Gasteiger partial charge in [-0.1, -0.05) is 6.07 Å². The number of allylic oxidation sites excluding steroid dienone is 1. The van der Waals surface area contributed by atoms with Gasteiger partial charge in [0, 0.05) is 22.8 Å². The van der Waals surface area contributed by atoms with Crippen molar-refractivity contribution in [2.45, 2.75) is 6.92 Å². The van der Waals surface area contributed by atoms with Gasteiger partial charge in [-0.15, -0.1) is 0 Å². The molecule has 0 aliphatic rings. The van der Waals surface area contributed by atoms with Crippen LogP contribution in [-0.4, -0.2) is 34.8 Å². The van der Waals surface area contributed by atoms with Crippen LogP contribution in [0.4, 0.5) is 0 Å². The molecule has 142 valence electrons. The Hall–Kier alpha value is -2.90. The van der Waals surface area contributed by atoms with E-state index in [0.717, 1.165) is 0 Å². The van der Waals surface area contributed by atoms with Gasteiger partial charge in [-0.3, -0.25) is 4.79 Å². The van der Waals surface area contributed by atoms with Gasteiger partial charge in [0.2, 0.25) is 0 Å². The van der Waals surface area contributed by atoms with Gasteiger partial charge in [0.25, 0.3) is 0 Å². The van der Waals surface area contributed by atoms with Crippen LogP contribution in [0.25, 0.3) is 11.0 Å². The first-order valence-electron chi connectivity index (χ1n) is 7.91. The van der Waals surface area contributed by atoms with E-state index in [1.807, 2.05) is 0 Å². The summed E-state index contributed by atoms with van der Waals surface area (Å²) in [4.78, 5) is 11.9. The van der Waals surface area contributed by atoms with E-state index in [9.17, 15) is 19.6 Å². The Kier molecular flexibility index (Phi) is 6.92. The highest BCUT2D eigenvalue weighted by Crippen LogP contribution is 2.32. The first-order valence-corrected chi connectivity index (χ1v) is 9.12. The van der Waals surface area contributed by atoms with E-state index in [1.165, 1.54) is 50.8 Å². The standard InChI is InChI=1S/C20H20O6S/c1-13(21)10-20(15-5-7-17(23)19(12-15)26-3)27(24)9-8-14-4-6-16(22)18(11-14)25-2/h4-12,22-23H,1-3H3/b9-8?,20-10-. The van der Waals surface area contributed by atoms with Gasteiger partial charge in [-0.2, -0.15) is 0 Å². The number of aromatic hydroxyl groups is 2. The fourth-order valence-electron chi connectivity index (χ4n) is 2.28. The third kappa shape index (κ3) is 5.29. The van der Waals surface area contributed by atoms with Crippen LogP contribution >= 0.6 is 0 Å². The van der Waals surface area contributed by atoms with E-state index < -0.39 is 11.2 Å². The summed E-state index contributed by atoms with van der Waals surface area (Å²) in [6, 6.07) is 9.19. The largest absolute Gasteiger partial charge is 0.607 e.